The molecule has 0 heterocycles. The van der Waals surface area contributed by atoms with E-state index in [1.165, 1.54) is 4.90 Å². The number of amides is 1. The highest BCUT2D eigenvalue weighted by Gasteiger charge is 2.15. The van der Waals surface area contributed by atoms with Crippen LogP contribution in [0.4, 0.5) is 5.69 Å². The number of nitrogens with zero attached hydrogens (tertiary/aromatic N) is 1. The average molecular weight is 264 g/mol. The molecule has 5 heteroatoms. The smallest absolute Gasteiger partial charge is 0.307 e. The van der Waals surface area contributed by atoms with Crippen LogP contribution in [0.5, 0.6) is 0 Å². The number of benzene rings is 1. The maximum Gasteiger partial charge on any atom is 0.307 e. The monoisotopic (exact) mass is 264 g/mol. The fourth-order valence-electron chi connectivity index (χ4n) is 1.73. The van der Waals surface area contributed by atoms with Gasteiger partial charge in [0.25, 0.3) is 5.91 Å². The number of nitrogens with two attached hydrogens (primary N) is 1. The quantitative estimate of drug-likeness (QED) is 0.647. The third kappa shape index (κ3) is 4.28. The van der Waals surface area contributed by atoms with Crippen molar-refractivity contribution in [2.24, 2.45) is 0 Å². The normalized spacial score (nSPS) is 10.1. The number of hydrogen-bond acceptors (Lipinski definition) is 4. The molecule has 0 unspecified atom stereocenters. The van der Waals surface area contributed by atoms with Gasteiger partial charge in [0.1, 0.15) is 0 Å². The molecule has 19 heavy (non-hydrogen) atoms. The van der Waals surface area contributed by atoms with Crippen molar-refractivity contribution in [1.29, 1.82) is 0 Å². The summed E-state index contributed by atoms with van der Waals surface area (Å²) in [6, 6.07) is 5.15. The molecule has 5 nitrogen and oxygen atoms in total. The molecule has 1 amide bonds. The van der Waals surface area contributed by atoms with E-state index in [-0.39, 0.29) is 18.3 Å². The number of anilines is 1. The lowest BCUT2D eigenvalue weighted by Gasteiger charge is -2.18. The molecule has 1 aromatic rings. The Balaban J connectivity index is 2.64. The van der Waals surface area contributed by atoms with Crippen LogP contribution in [0.25, 0.3) is 0 Å². The molecule has 0 bridgehead atoms. The molecule has 0 saturated heterocycles. The minimum absolute atomic E-state index is 0.123. The molecular weight excluding hydrogens is 244 g/mol. The van der Waals surface area contributed by atoms with Crippen LogP contribution in [-0.2, 0) is 9.53 Å². The maximum absolute atomic E-state index is 12.2. The number of ether oxygens (including phenoxy) is 1. The molecule has 2 N–H and O–H groups in total. The Labute approximate surface area is 113 Å². The number of nitrogen functional groups attached to an aromatic ring is 1. The second-order valence-electron chi connectivity index (χ2n) is 4.36. The Bertz CT molecular complexity index is 472. The van der Waals surface area contributed by atoms with Gasteiger partial charge in [-0.3, -0.25) is 9.59 Å². The van der Waals surface area contributed by atoms with Crippen LogP contribution in [0.2, 0.25) is 0 Å². The first-order valence-corrected chi connectivity index (χ1v) is 6.23. The number of rotatable bonds is 5. The Morgan fingerprint density at radius 1 is 1.37 bits per heavy atom. The van der Waals surface area contributed by atoms with Gasteiger partial charge in [-0.15, -0.1) is 0 Å². The minimum atomic E-state index is -0.295. The lowest BCUT2D eigenvalue weighted by atomic mass is 10.1. The second kappa shape index (κ2) is 6.78. The summed E-state index contributed by atoms with van der Waals surface area (Å²) in [5.74, 6) is -0.419. The number of esters is 1. The summed E-state index contributed by atoms with van der Waals surface area (Å²) in [6.45, 7) is 4.28. The summed E-state index contributed by atoms with van der Waals surface area (Å²) in [7, 11) is 1.66. The van der Waals surface area contributed by atoms with Gasteiger partial charge in [-0.1, -0.05) is 0 Å². The SMILES string of the molecule is CCOC(=O)CCN(C)C(=O)c1ccc(N)cc1C. The van der Waals surface area contributed by atoms with Gasteiger partial charge in [0.2, 0.25) is 0 Å². The Hall–Kier alpha value is -2.04. The van der Waals surface area contributed by atoms with E-state index in [9.17, 15) is 9.59 Å². The molecule has 0 fully saturated rings. The third-order valence-corrected chi connectivity index (χ3v) is 2.78. The highest BCUT2D eigenvalue weighted by Crippen LogP contribution is 2.14. The zero-order chi connectivity index (χ0) is 14.4. The molecule has 0 aliphatic rings. The first kappa shape index (κ1) is 15.0. The van der Waals surface area contributed by atoms with Crippen molar-refractivity contribution in [3.63, 3.8) is 0 Å². The highest BCUT2D eigenvalue weighted by molar-refractivity contribution is 5.96. The van der Waals surface area contributed by atoms with Crippen molar-refractivity contribution in [2.75, 3.05) is 25.9 Å². The van der Waals surface area contributed by atoms with Gasteiger partial charge in [-0.05, 0) is 37.6 Å². The molecule has 0 radical (unpaired) electrons. The number of carbonyl (C=O) groups excluding carboxylic acids is 2. The van der Waals surface area contributed by atoms with E-state index in [4.69, 9.17) is 10.5 Å². The van der Waals surface area contributed by atoms with E-state index in [0.717, 1.165) is 5.56 Å². The van der Waals surface area contributed by atoms with Crippen LogP contribution in [0.1, 0.15) is 29.3 Å². The van der Waals surface area contributed by atoms with E-state index in [0.29, 0.717) is 24.4 Å². The lowest BCUT2D eigenvalue weighted by Crippen LogP contribution is -2.30. The summed E-state index contributed by atoms with van der Waals surface area (Å²) in [6.07, 6.45) is 0.199. The predicted octanol–water partition coefficient (Wildman–Crippen LogP) is 1.60. The van der Waals surface area contributed by atoms with Crippen molar-refractivity contribution in [3.05, 3.63) is 29.3 Å². The van der Waals surface area contributed by atoms with Crippen LogP contribution in [0, 0.1) is 6.92 Å². The molecule has 104 valence electrons. The molecule has 1 rings (SSSR count). The van der Waals surface area contributed by atoms with Gasteiger partial charge in [-0.2, -0.15) is 0 Å². The van der Waals surface area contributed by atoms with Gasteiger partial charge >= 0.3 is 5.97 Å². The van der Waals surface area contributed by atoms with E-state index in [1.807, 2.05) is 6.92 Å². The highest BCUT2D eigenvalue weighted by atomic mass is 16.5. The number of hydrogen-bond donors (Lipinski definition) is 1. The fourth-order valence-corrected chi connectivity index (χ4v) is 1.73. The zero-order valence-electron chi connectivity index (χ0n) is 11.6. The van der Waals surface area contributed by atoms with E-state index >= 15 is 0 Å². The van der Waals surface area contributed by atoms with Crippen molar-refractivity contribution in [1.82, 2.24) is 4.90 Å². The average Bonchev–Trinajstić information content (AvgIpc) is 2.35. The lowest BCUT2D eigenvalue weighted by molar-refractivity contribution is -0.143. The predicted molar refractivity (Wildman–Crippen MR) is 73.8 cm³/mol. The van der Waals surface area contributed by atoms with Crippen LogP contribution in [0.3, 0.4) is 0 Å². The molecule has 0 aliphatic carbocycles. The van der Waals surface area contributed by atoms with Crippen molar-refractivity contribution < 1.29 is 14.3 Å². The van der Waals surface area contributed by atoms with Crippen LogP contribution >= 0.6 is 0 Å². The van der Waals surface area contributed by atoms with Crippen LogP contribution in [-0.4, -0.2) is 37.0 Å². The summed E-state index contributed by atoms with van der Waals surface area (Å²) in [5.41, 5.74) is 7.70. The topological polar surface area (TPSA) is 72.6 Å². The van der Waals surface area contributed by atoms with E-state index < -0.39 is 0 Å². The molecule has 0 spiro atoms. The van der Waals surface area contributed by atoms with Gasteiger partial charge in [-0.25, -0.2) is 0 Å². The van der Waals surface area contributed by atoms with Gasteiger partial charge in [0.15, 0.2) is 0 Å². The van der Waals surface area contributed by atoms with Crippen LogP contribution in [0.15, 0.2) is 18.2 Å². The Morgan fingerprint density at radius 3 is 2.63 bits per heavy atom. The molecule has 0 aromatic heterocycles. The Morgan fingerprint density at radius 2 is 2.05 bits per heavy atom. The summed E-state index contributed by atoms with van der Waals surface area (Å²) >= 11 is 0. The second-order valence-corrected chi connectivity index (χ2v) is 4.36. The zero-order valence-corrected chi connectivity index (χ0v) is 11.6. The molecule has 0 saturated carbocycles. The van der Waals surface area contributed by atoms with E-state index in [2.05, 4.69) is 0 Å². The fraction of sp³-hybridized carbons (Fsp3) is 0.429. The molecule has 0 atom stereocenters. The minimum Gasteiger partial charge on any atom is -0.466 e. The van der Waals surface area contributed by atoms with Crippen molar-refractivity contribution in [3.8, 4) is 0 Å². The molecule has 1 aromatic carbocycles. The summed E-state index contributed by atoms with van der Waals surface area (Å²) in [5, 5.41) is 0. The summed E-state index contributed by atoms with van der Waals surface area (Å²) < 4.78 is 4.82. The largest absolute Gasteiger partial charge is 0.466 e. The summed E-state index contributed by atoms with van der Waals surface area (Å²) in [4.78, 5) is 24.9. The maximum atomic E-state index is 12.2. The molecular formula is C14H20N2O3. The Kier molecular flexibility index (Phi) is 5.36. The number of aryl methyl sites for hydroxylation is 1. The van der Waals surface area contributed by atoms with Crippen molar-refractivity contribution in [2.45, 2.75) is 20.3 Å². The van der Waals surface area contributed by atoms with Gasteiger partial charge in [0.05, 0.1) is 13.0 Å². The van der Waals surface area contributed by atoms with Crippen LogP contribution < -0.4 is 5.73 Å². The third-order valence-electron chi connectivity index (χ3n) is 2.78. The van der Waals surface area contributed by atoms with Gasteiger partial charge in [0, 0.05) is 24.8 Å². The first-order chi connectivity index (χ1) is 8.95. The molecule has 0 aliphatic heterocycles. The van der Waals surface area contributed by atoms with Crippen molar-refractivity contribution >= 4 is 17.6 Å². The first-order valence-electron chi connectivity index (χ1n) is 6.23. The van der Waals surface area contributed by atoms with E-state index in [1.54, 1.807) is 32.2 Å². The number of carbonyl (C=O) groups is 2. The van der Waals surface area contributed by atoms with Gasteiger partial charge < -0.3 is 15.4 Å². The standard InChI is InChI=1S/C14H20N2O3/c1-4-19-13(17)7-8-16(3)14(18)12-6-5-11(15)9-10(12)2/h5-6,9H,4,7-8,15H2,1-3H3.